The molecule has 126 valence electrons. The highest BCUT2D eigenvalue weighted by Crippen LogP contribution is 2.35. The zero-order chi connectivity index (χ0) is 17.5. The van der Waals surface area contributed by atoms with Gasteiger partial charge in [0, 0.05) is 10.9 Å². The summed E-state index contributed by atoms with van der Waals surface area (Å²) in [6.07, 6.45) is 0. The third kappa shape index (κ3) is 2.94. The topological polar surface area (TPSA) is 105 Å². The molecule has 0 bridgehead atoms. The highest BCUT2D eigenvalue weighted by molar-refractivity contribution is 9.11. The van der Waals surface area contributed by atoms with E-state index < -0.39 is 29.9 Å². The zero-order valence-corrected chi connectivity index (χ0v) is 15.2. The first-order valence-corrected chi connectivity index (χ1v) is 8.53. The summed E-state index contributed by atoms with van der Waals surface area (Å²) in [5, 5.41) is 8.74. The van der Waals surface area contributed by atoms with E-state index >= 15 is 0 Å². The van der Waals surface area contributed by atoms with Crippen LogP contribution < -0.4 is 10.6 Å². The Hall–Kier alpha value is -2.20. The number of aryl methyl sites for hydroxylation is 1. The number of amides is 4. The van der Waals surface area contributed by atoms with Crippen molar-refractivity contribution in [3.63, 3.8) is 0 Å². The first-order valence-electron chi connectivity index (χ1n) is 6.92. The van der Waals surface area contributed by atoms with Crippen molar-refractivity contribution in [1.29, 1.82) is 0 Å². The Bertz CT molecular complexity index is 832. The van der Waals surface area contributed by atoms with E-state index in [1.807, 2.05) is 0 Å². The molecule has 3 heterocycles. The molecule has 0 radical (unpaired) electrons. The molecule has 3 rings (SSSR count). The number of imide groups is 1. The lowest BCUT2D eigenvalue weighted by Crippen LogP contribution is -2.41. The van der Waals surface area contributed by atoms with Crippen LogP contribution >= 0.6 is 27.3 Å². The maximum Gasteiger partial charge on any atom is 0.325 e. The standard InChI is InChI=1S/C14H13BrN4O4S/c1-7-5-11(23-18-7)16-10(20)6-19-12(21)14(2,17-13(19)22)8-3-4-9(15)24-8/h3-5H,6H2,1-2H3,(H,16,20)(H,17,22). The van der Waals surface area contributed by atoms with E-state index in [2.05, 4.69) is 31.7 Å². The van der Waals surface area contributed by atoms with Gasteiger partial charge in [0.1, 0.15) is 6.54 Å². The van der Waals surface area contributed by atoms with Gasteiger partial charge in [-0.1, -0.05) is 5.16 Å². The number of urea groups is 1. The molecular formula is C14H13BrN4O4S. The second-order valence-electron chi connectivity index (χ2n) is 5.43. The third-order valence-electron chi connectivity index (χ3n) is 3.53. The molecule has 1 atom stereocenters. The van der Waals surface area contributed by atoms with Gasteiger partial charge in [-0.25, -0.2) is 4.79 Å². The van der Waals surface area contributed by atoms with E-state index in [4.69, 9.17) is 4.52 Å². The van der Waals surface area contributed by atoms with E-state index in [1.165, 1.54) is 17.4 Å². The molecule has 1 aliphatic heterocycles. The maximum absolute atomic E-state index is 12.7. The van der Waals surface area contributed by atoms with Gasteiger partial charge in [0.2, 0.25) is 11.8 Å². The van der Waals surface area contributed by atoms with Crippen molar-refractivity contribution in [2.75, 3.05) is 11.9 Å². The highest BCUT2D eigenvalue weighted by atomic mass is 79.9. The fourth-order valence-corrected chi connectivity index (χ4v) is 3.81. The summed E-state index contributed by atoms with van der Waals surface area (Å²) < 4.78 is 5.72. The van der Waals surface area contributed by atoms with Crippen LogP contribution in [0.1, 0.15) is 17.5 Å². The van der Waals surface area contributed by atoms with Crippen LogP contribution in [0.25, 0.3) is 0 Å². The molecular weight excluding hydrogens is 400 g/mol. The fraction of sp³-hybridized carbons (Fsp3) is 0.286. The predicted octanol–water partition coefficient (Wildman–Crippen LogP) is 2.21. The SMILES string of the molecule is Cc1cc(NC(=O)CN2C(=O)NC(C)(c3ccc(Br)s3)C2=O)on1. The summed E-state index contributed by atoms with van der Waals surface area (Å²) >= 11 is 4.68. The van der Waals surface area contributed by atoms with Crippen LogP contribution in [-0.2, 0) is 15.1 Å². The number of hydrogen-bond donors (Lipinski definition) is 2. The number of aromatic nitrogens is 1. The van der Waals surface area contributed by atoms with Gasteiger partial charge in [0.05, 0.1) is 9.48 Å². The maximum atomic E-state index is 12.7. The Labute approximate surface area is 149 Å². The van der Waals surface area contributed by atoms with Gasteiger partial charge >= 0.3 is 6.03 Å². The lowest BCUT2D eigenvalue weighted by molar-refractivity contribution is -0.133. The summed E-state index contributed by atoms with van der Waals surface area (Å²) in [4.78, 5) is 38.4. The van der Waals surface area contributed by atoms with Crippen LogP contribution in [0.15, 0.2) is 26.5 Å². The Balaban J connectivity index is 1.73. The minimum atomic E-state index is -1.18. The van der Waals surface area contributed by atoms with Crippen molar-refractivity contribution in [2.45, 2.75) is 19.4 Å². The van der Waals surface area contributed by atoms with E-state index in [9.17, 15) is 14.4 Å². The van der Waals surface area contributed by atoms with Crippen LogP contribution in [0.3, 0.4) is 0 Å². The summed E-state index contributed by atoms with van der Waals surface area (Å²) in [5.74, 6) is -0.869. The smallest absolute Gasteiger partial charge is 0.325 e. The van der Waals surface area contributed by atoms with Crippen LogP contribution in [0.4, 0.5) is 10.7 Å². The van der Waals surface area contributed by atoms with E-state index in [-0.39, 0.29) is 5.88 Å². The Morgan fingerprint density at radius 1 is 1.50 bits per heavy atom. The van der Waals surface area contributed by atoms with E-state index in [0.29, 0.717) is 10.6 Å². The van der Waals surface area contributed by atoms with Gasteiger partial charge in [0.25, 0.3) is 5.91 Å². The average Bonchev–Trinajstić information content (AvgIpc) is 3.17. The zero-order valence-electron chi connectivity index (χ0n) is 12.8. The molecule has 24 heavy (non-hydrogen) atoms. The molecule has 4 amide bonds. The Morgan fingerprint density at radius 2 is 2.25 bits per heavy atom. The number of thiophene rings is 1. The normalized spacial score (nSPS) is 20.4. The Kier molecular flexibility index (Phi) is 4.18. The molecule has 0 saturated carbocycles. The molecule has 2 N–H and O–H groups in total. The van der Waals surface area contributed by atoms with Crippen molar-refractivity contribution in [2.24, 2.45) is 0 Å². The molecule has 10 heteroatoms. The molecule has 2 aromatic heterocycles. The number of nitrogens with one attached hydrogen (secondary N) is 2. The quantitative estimate of drug-likeness (QED) is 0.748. The van der Waals surface area contributed by atoms with Crippen molar-refractivity contribution < 1.29 is 18.9 Å². The average molecular weight is 413 g/mol. The molecule has 1 aliphatic rings. The number of carbonyl (C=O) groups excluding carboxylic acids is 3. The minimum absolute atomic E-state index is 0.162. The van der Waals surface area contributed by atoms with Crippen molar-refractivity contribution in [1.82, 2.24) is 15.4 Å². The highest BCUT2D eigenvalue weighted by Gasteiger charge is 2.50. The summed E-state index contributed by atoms with van der Waals surface area (Å²) in [6, 6.07) is 4.48. The second-order valence-corrected chi connectivity index (χ2v) is 7.89. The van der Waals surface area contributed by atoms with Gasteiger partial charge in [0.15, 0.2) is 5.54 Å². The molecule has 0 aliphatic carbocycles. The van der Waals surface area contributed by atoms with Crippen LogP contribution in [-0.4, -0.2) is 34.4 Å². The predicted molar refractivity (Wildman–Crippen MR) is 89.5 cm³/mol. The first kappa shape index (κ1) is 16.7. The third-order valence-corrected chi connectivity index (χ3v) is 5.38. The van der Waals surface area contributed by atoms with E-state index in [1.54, 1.807) is 26.0 Å². The fourth-order valence-electron chi connectivity index (χ4n) is 2.33. The molecule has 0 spiro atoms. The van der Waals surface area contributed by atoms with Gasteiger partial charge in [-0.15, -0.1) is 11.3 Å². The van der Waals surface area contributed by atoms with Gasteiger partial charge in [-0.2, -0.15) is 0 Å². The molecule has 2 aromatic rings. The van der Waals surface area contributed by atoms with Crippen molar-refractivity contribution >= 4 is 51.0 Å². The van der Waals surface area contributed by atoms with Gasteiger partial charge in [-0.05, 0) is 41.9 Å². The number of hydrogen-bond acceptors (Lipinski definition) is 6. The van der Waals surface area contributed by atoms with Gasteiger partial charge < -0.3 is 9.84 Å². The number of nitrogens with zero attached hydrogens (tertiary/aromatic N) is 2. The molecule has 1 unspecified atom stereocenters. The first-order chi connectivity index (χ1) is 11.3. The summed E-state index contributed by atoms with van der Waals surface area (Å²) in [6.45, 7) is 2.91. The number of halogens is 1. The molecule has 1 saturated heterocycles. The van der Waals surface area contributed by atoms with Gasteiger partial charge in [-0.3, -0.25) is 19.8 Å². The number of anilines is 1. The summed E-state index contributed by atoms with van der Waals surface area (Å²) in [7, 11) is 0. The van der Waals surface area contributed by atoms with Crippen LogP contribution in [0.2, 0.25) is 0 Å². The lowest BCUT2D eigenvalue weighted by atomic mass is 10.0. The molecule has 8 nitrogen and oxygen atoms in total. The van der Waals surface area contributed by atoms with Crippen molar-refractivity contribution in [3.8, 4) is 0 Å². The van der Waals surface area contributed by atoms with Crippen LogP contribution in [0.5, 0.6) is 0 Å². The largest absolute Gasteiger partial charge is 0.338 e. The lowest BCUT2D eigenvalue weighted by Gasteiger charge is -2.19. The van der Waals surface area contributed by atoms with Crippen LogP contribution in [0, 0.1) is 6.92 Å². The Morgan fingerprint density at radius 3 is 2.83 bits per heavy atom. The molecule has 0 aromatic carbocycles. The van der Waals surface area contributed by atoms with Crippen molar-refractivity contribution in [3.05, 3.63) is 32.6 Å². The monoisotopic (exact) mass is 412 g/mol. The number of carbonyl (C=O) groups is 3. The molecule has 1 fully saturated rings. The summed E-state index contributed by atoms with van der Waals surface area (Å²) in [5.41, 5.74) is -0.576. The van der Waals surface area contributed by atoms with E-state index in [0.717, 1.165) is 8.69 Å². The second kappa shape index (κ2) is 6.02. The number of rotatable bonds is 4. The minimum Gasteiger partial charge on any atom is -0.338 e.